The van der Waals surface area contributed by atoms with Crippen molar-refractivity contribution in [3.63, 3.8) is 0 Å². The SMILES string of the molecule is COC[C@@]12C(=O)O[C@H]3[C@H]4[C@H]([N+](=O)[O-])[C@](CC[C@H]1OC(C)=O)([C@@H]1CC5[C@@H](OC(C)=O)[C@H](OC)C[C@@]4(O)[C@@H]51)[C@H]32. The van der Waals surface area contributed by atoms with Gasteiger partial charge in [-0.2, -0.15) is 0 Å². The molecule has 0 aromatic heterocycles. The van der Waals surface area contributed by atoms with Crippen molar-refractivity contribution in [1.82, 2.24) is 0 Å². The predicted molar refractivity (Wildman–Crippen MR) is 120 cm³/mol. The van der Waals surface area contributed by atoms with Gasteiger partial charge in [0.15, 0.2) is 0 Å². The third kappa shape index (κ3) is 2.76. The number of aliphatic hydroxyl groups is 1. The van der Waals surface area contributed by atoms with Crippen LogP contribution in [0.15, 0.2) is 0 Å². The number of nitrogens with zero attached hydrogens (tertiary/aromatic N) is 1. The summed E-state index contributed by atoms with van der Waals surface area (Å²) in [6.45, 7) is 2.48. The second-order valence-corrected chi connectivity index (χ2v) is 11.9. The van der Waals surface area contributed by atoms with Gasteiger partial charge in [-0.15, -0.1) is 0 Å². The van der Waals surface area contributed by atoms with Gasteiger partial charge in [-0.25, -0.2) is 0 Å². The van der Waals surface area contributed by atoms with E-state index in [0.29, 0.717) is 12.8 Å². The van der Waals surface area contributed by atoms with E-state index in [1.54, 1.807) is 0 Å². The van der Waals surface area contributed by atoms with Crippen molar-refractivity contribution in [1.29, 1.82) is 0 Å². The molecule has 0 aromatic carbocycles. The van der Waals surface area contributed by atoms with E-state index >= 15 is 0 Å². The molecule has 5 saturated carbocycles. The van der Waals surface area contributed by atoms with Gasteiger partial charge in [0, 0.05) is 56.7 Å². The number of carbonyl (C=O) groups is 3. The van der Waals surface area contributed by atoms with E-state index < -0.39 is 76.6 Å². The first kappa shape index (κ1) is 25.0. The summed E-state index contributed by atoms with van der Waals surface area (Å²) in [5, 5.41) is 25.2. The number of hydrogen-bond donors (Lipinski definition) is 1. The average Bonchev–Trinajstić information content (AvgIpc) is 3.22. The molecule has 2 bridgehead atoms. The fourth-order valence-electron chi connectivity index (χ4n) is 10.2. The molecule has 1 aliphatic heterocycles. The highest BCUT2D eigenvalue weighted by molar-refractivity contribution is 5.83. The van der Waals surface area contributed by atoms with E-state index in [0.717, 1.165) is 0 Å². The summed E-state index contributed by atoms with van der Waals surface area (Å²) < 4.78 is 28.5. The number of methoxy groups -OCH3 is 2. The molecule has 5 aliphatic carbocycles. The van der Waals surface area contributed by atoms with Gasteiger partial charge < -0.3 is 28.8 Å². The van der Waals surface area contributed by atoms with Crippen LogP contribution in [0.5, 0.6) is 0 Å². The predicted octanol–water partition coefficient (Wildman–Crippen LogP) is 0.495. The molecule has 1 N–H and O–H groups in total. The average molecular weight is 524 g/mol. The Morgan fingerprint density at radius 1 is 1.19 bits per heavy atom. The van der Waals surface area contributed by atoms with E-state index in [1.807, 2.05) is 0 Å². The number of nitro groups is 1. The van der Waals surface area contributed by atoms with Crippen LogP contribution in [0.1, 0.15) is 39.5 Å². The van der Waals surface area contributed by atoms with Gasteiger partial charge >= 0.3 is 17.9 Å². The van der Waals surface area contributed by atoms with Crippen molar-refractivity contribution < 1.29 is 48.1 Å². The standard InChI is InChI=1S/C25H33NO11/c1-10(27)35-15-5-6-23-13-7-12-16(13)25(30,8-14(34-4)18(12)36-11(2)28)17(21(23)26(31)32)19-20(23)24(15,9-33-3)22(29)37-19/h12-21,30H,5-9H2,1-4H3/t12?,13-,14-,15-,16+,17+,18-,19+,20+,21+,23-,24-,25-/m1/s1. The number of hydrogen-bond acceptors (Lipinski definition) is 11. The first-order valence-electron chi connectivity index (χ1n) is 12.9. The Kier molecular flexibility index (Phi) is 5.31. The minimum Gasteiger partial charge on any atom is -0.461 e. The second kappa shape index (κ2) is 7.86. The van der Waals surface area contributed by atoms with Crippen LogP contribution >= 0.6 is 0 Å². The van der Waals surface area contributed by atoms with Gasteiger partial charge in [0.2, 0.25) is 6.04 Å². The zero-order valence-corrected chi connectivity index (χ0v) is 21.3. The molecule has 1 saturated heterocycles. The molecule has 6 aliphatic rings. The topological polar surface area (TPSA) is 161 Å². The van der Waals surface area contributed by atoms with Crippen molar-refractivity contribution in [2.24, 2.45) is 40.4 Å². The Hall–Kier alpha value is -2.31. The van der Waals surface area contributed by atoms with Gasteiger partial charge in [0.1, 0.15) is 23.7 Å². The van der Waals surface area contributed by atoms with Crippen LogP contribution in [0.3, 0.4) is 0 Å². The molecular weight excluding hydrogens is 490 g/mol. The monoisotopic (exact) mass is 523 g/mol. The van der Waals surface area contributed by atoms with Gasteiger partial charge in [-0.3, -0.25) is 24.5 Å². The minimum atomic E-state index is -1.56. The maximum absolute atomic E-state index is 13.7. The number of rotatable bonds is 6. The summed E-state index contributed by atoms with van der Waals surface area (Å²) in [5.74, 6) is -4.16. The third-order valence-electron chi connectivity index (χ3n) is 10.9. The highest BCUT2D eigenvalue weighted by Crippen LogP contribution is 2.80. The molecule has 0 spiro atoms. The van der Waals surface area contributed by atoms with Crippen LogP contribution in [0.25, 0.3) is 0 Å². The van der Waals surface area contributed by atoms with Crippen molar-refractivity contribution in [2.75, 3.05) is 20.8 Å². The van der Waals surface area contributed by atoms with Gasteiger partial charge in [0.25, 0.3) is 0 Å². The van der Waals surface area contributed by atoms with E-state index in [4.69, 9.17) is 23.7 Å². The van der Waals surface area contributed by atoms with Gasteiger partial charge in [-0.1, -0.05) is 0 Å². The number of esters is 3. The summed E-state index contributed by atoms with van der Waals surface area (Å²) in [4.78, 5) is 50.1. The lowest BCUT2D eigenvalue weighted by molar-refractivity contribution is -0.572. The number of carbonyl (C=O) groups excluding carboxylic acids is 3. The quantitative estimate of drug-likeness (QED) is 0.223. The molecule has 12 heteroatoms. The Morgan fingerprint density at radius 3 is 2.49 bits per heavy atom. The van der Waals surface area contributed by atoms with E-state index in [-0.39, 0.29) is 42.1 Å². The smallest absolute Gasteiger partial charge is 0.319 e. The van der Waals surface area contributed by atoms with Crippen LogP contribution in [-0.4, -0.2) is 84.8 Å². The van der Waals surface area contributed by atoms with E-state index in [1.165, 1.54) is 28.1 Å². The van der Waals surface area contributed by atoms with Crippen LogP contribution in [0.4, 0.5) is 0 Å². The summed E-state index contributed by atoms with van der Waals surface area (Å²) in [6, 6.07) is -1.15. The molecule has 204 valence electrons. The zero-order chi connectivity index (χ0) is 26.7. The lowest BCUT2D eigenvalue weighted by atomic mass is 9.36. The van der Waals surface area contributed by atoms with Crippen LogP contribution in [0.2, 0.25) is 0 Å². The molecule has 12 nitrogen and oxygen atoms in total. The molecule has 13 atom stereocenters. The first-order valence-corrected chi connectivity index (χ1v) is 12.9. The molecule has 37 heavy (non-hydrogen) atoms. The summed E-state index contributed by atoms with van der Waals surface area (Å²) >= 11 is 0. The van der Waals surface area contributed by atoms with Crippen molar-refractivity contribution >= 4 is 17.9 Å². The van der Waals surface area contributed by atoms with Crippen LogP contribution in [-0.2, 0) is 38.1 Å². The van der Waals surface area contributed by atoms with Crippen molar-refractivity contribution in [2.45, 2.75) is 75.6 Å². The molecule has 6 fully saturated rings. The highest BCUT2D eigenvalue weighted by Gasteiger charge is 2.91. The lowest BCUT2D eigenvalue weighted by Crippen LogP contribution is -2.77. The lowest BCUT2D eigenvalue weighted by Gasteiger charge is -2.69. The van der Waals surface area contributed by atoms with E-state index in [9.17, 15) is 29.6 Å². The number of fused-ring (bicyclic) bond motifs is 1. The molecule has 0 amide bonds. The summed E-state index contributed by atoms with van der Waals surface area (Å²) in [6.07, 6.45) is -1.90. The molecule has 0 aromatic rings. The summed E-state index contributed by atoms with van der Waals surface area (Å²) in [5.41, 5.74) is -3.93. The van der Waals surface area contributed by atoms with Crippen molar-refractivity contribution in [3.8, 4) is 0 Å². The number of ether oxygens (including phenoxy) is 5. The maximum Gasteiger partial charge on any atom is 0.319 e. The fraction of sp³-hybridized carbons (Fsp3) is 0.880. The molecule has 1 heterocycles. The minimum absolute atomic E-state index is 0.0234. The maximum atomic E-state index is 13.7. The fourth-order valence-corrected chi connectivity index (χ4v) is 10.2. The third-order valence-corrected chi connectivity index (χ3v) is 10.9. The Morgan fingerprint density at radius 2 is 1.89 bits per heavy atom. The van der Waals surface area contributed by atoms with Gasteiger partial charge in [0.05, 0.1) is 24.2 Å². The largest absolute Gasteiger partial charge is 0.461 e. The van der Waals surface area contributed by atoms with E-state index in [2.05, 4.69) is 0 Å². The Bertz CT molecular complexity index is 1070. The molecule has 6 rings (SSSR count). The first-order chi connectivity index (χ1) is 17.5. The molecule has 1 unspecified atom stereocenters. The normalized spacial score (nSPS) is 52.3. The molecule has 0 radical (unpaired) electrons. The van der Waals surface area contributed by atoms with Crippen molar-refractivity contribution in [3.05, 3.63) is 10.1 Å². The zero-order valence-electron chi connectivity index (χ0n) is 21.3. The Balaban J connectivity index is 1.53. The van der Waals surface area contributed by atoms with Crippen LogP contribution < -0.4 is 0 Å². The summed E-state index contributed by atoms with van der Waals surface area (Å²) in [7, 11) is 2.90. The second-order valence-electron chi connectivity index (χ2n) is 11.9. The van der Waals surface area contributed by atoms with Crippen LogP contribution in [0, 0.1) is 50.5 Å². The highest BCUT2D eigenvalue weighted by atomic mass is 16.6. The van der Waals surface area contributed by atoms with Gasteiger partial charge in [-0.05, 0) is 31.1 Å². The molecular formula is C25H33NO11. The Labute approximate surface area is 213 Å².